The highest BCUT2D eigenvalue weighted by Crippen LogP contribution is 2.19. The highest BCUT2D eigenvalue weighted by molar-refractivity contribution is 9.09. The lowest BCUT2D eigenvalue weighted by Crippen LogP contribution is -1.98. The van der Waals surface area contributed by atoms with E-state index in [1.165, 1.54) is 0 Å². The molecule has 2 nitrogen and oxygen atoms in total. The van der Waals surface area contributed by atoms with Gasteiger partial charge in [-0.05, 0) is 31.9 Å². The van der Waals surface area contributed by atoms with Crippen molar-refractivity contribution in [1.82, 2.24) is 0 Å². The van der Waals surface area contributed by atoms with Gasteiger partial charge in [0.1, 0.15) is 11.5 Å². The fourth-order valence-electron chi connectivity index (χ4n) is 1.21. The molecule has 1 aromatic carbocycles. The number of halogens is 1. The molecular formula is C12H17BrO2. The Kier molecular flexibility index (Phi) is 6.25. The summed E-state index contributed by atoms with van der Waals surface area (Å²) in [6, 6.07) is 7.77. The molecule has 84 valence electrons. The second-order valence-electron chi connectivity index (χ2n) is 3.15. The van der Waals surface area contributed by atoms with Gasteiger partial charge in [0.05, 0.1) is 13.2 Å². The van der Waals surface area contributed by atoms with Gasteiger partial charge < -0.3 is 9.47 Å². The Hall–Kier alpha value is -0.700. The zero-order chi connectivity index (χ0) is 10.9. The van der Waals surface area contributed by atoms with Gasteiger partial charge in [-0.2, -0.15) is 0 Å². The minimum atomic E-state index is 0.688. The summed E-state index contributed by atoms with van der Waals surface area (Å²) in [4.78, 5) is 0. The van der Waals surface area contributed by atoms with Gasteiger partial charge in [0.2, 0.25) is 0 Å². The van der Waals surface area contributed by atoms with Crippen LogP contribution in [-0.4, -0.2) is 18.5 Å². The van der Waals surface area contributed by atoms with Crippen LogP contribution in [0.1, 0.15) is 19.8 Å². The molecule has 0 saturated carbocycles. The van der Waals surface area contributed by atoms with E-state index in [2.05, 4.69) is 15.9 Å². The van der Waals surface area contributed by atoms with Crippen molar-refractivity contribution in [3.63, 3.8) is 0 Å². The molecule has 15 heavy (non-hydrogen) atoms. The van der Waals surface area contributed by atoms with Gasteiger partial charge in [-0.15, -0.1) is 0 Å². The zero-order valence-electron chi connectivity index (χ0n) is 9.04. The minimum Gasteiger partial charge on any atom is -0.494 e. The molecule has 1 rings (SSSR count). The van der Waals surface area contributed by atoms with Crippen LogP contribution in [0.3, 0.4) is 0 Å². The number of hydrogen-bond donors (Lipinski definition) is 0. The van der Waals surface area contributed by atoms with Crippen LogP contribution >= 0.6 is 15.9 Å². The summed E-state index contributed by atoms with van der Waals surface area (Å²) < 4.78 is 11.0. The molecule has 3 heteroatoms. The third-order valence-corrected chi connectivity index (χ3v) is 2.47. The van der Waals surface area contributed by atoms with Crippen LogP contribution in [-0.2, 0) is 0 Å². The summed E-state index contributed by atoms with van der Waals surface area (Å²) in [5.41, 5.74) is 0. The van der Waals surface area contributed by atoms with Crippen molar-refractivity contribution in [2.45, 2.75) is 19.8 Å². The lowest BCUT2D eigenvalue weighted by molar-refractivity contribution is 0.303. The predicted octanol–water partition coefficient (Wildman–Crippen LogP) is 3.64. The van der Waals surface area contributed by atoms with E-state index in [0.717, 1.165) is 36.3 Å². The van der Waals surface area contributed by atoms with Crippen LogP contribution in [0.5, 0.6) is 11.5 Å². The molecule has 1 aromatic rings. The molecule has 0 fully saturated rings. The predicted molar refractivity (Wildman–Crippen MR) is 66.1 cm³/mol. The monoisotopic (exact) mass is 272 g/mol. The van der Waals surface area contributed by atoms with Gasteiger partial charge in [0.25, 0.3) is 0 Å². The first-order chi connectivity index (χ1) is 7.36. The summed E-state index contributed by atoms with van der Waals surface area (Å²) in [6.07, 6.45) is 2.22. The third kappa shape index (κ3) is 5.07. The van der Waals surface area contributed by atoms with Crippen molar-refractivity contribution in [3.8, 4) is 11.5 Å². The lowest BCUT2D eigenvalue weighted by atomic mass is 10.3. The van der Waals surface area contributed by atoms with Crippen molar-refractivity contribution < 1.29 is 9.47 Å². The molecule has 0 aliphatic heterocycles. The molecule has 0 aliphatic rings. The average molecular weight is 273 g/mol. The van der Waals surface area contributed by atoms with Crippen LogP contribution in [0, 0.1) is 0 Å². The zero-order valence-corrected chi connectivity index (χ0v) is 10.6. The quantitative estimate of drug-likeness (QED) is 0.557. The van der Waals surface area contributed by atoms with Crippen molar-refractivity contribution in [2.24, 2.45) is 0 Å². The van der Waals surface area contributed by atoms with Gasteiger partial charge in [-0.3, -0.25) is 0 Å². The van der Waals surface area contributed by atoms with Crippen molar-refractivity contribution in [1.29, 1.82) is 0 Å². The first-order valence-corrected chi connectivity index (χ1v) is 6.40. The van der Waals surface area contributed by atoms with Crippen LogP contribution in [0.25, 0.3) is 0 Å². The molecule has 0 N–H and O–H groups in total. The van der Waals surface area contributed by atoms with E-state index in [-0.39, 0.29) is 0 Å². The number of alkyl halides is 1. The SMILES string of the molecule is CCOc1cccc(OCCCCBr)c1. The van der Waals surface area contributed by atoms with Crippen molar-refractivity contribution in [3.05, 3.63) is 24.3 Å². The minimum absolute atomic E-state index is 0.688. The topological polar surface area (TPSA) is 18.5 Å². The van der Waals surface area contributed by atoms with E-state index in [9.17, 15) is 0 Å². The molecule has 0 amide bonds. The smallest absolute Gasteiger partial charge is 0.122 e. The molecule has 0 radical (unpaired) electrons. The Balaban J connectivity index is 2.36. The molecule has 0 unspecified atom stereocenters. The Morgan fingerprint density at radius 2 is 1.87 bits per heavy atom. The Bertz CT molecular complexity index is 276. The number of rotatable bonds is 7. The molecular weight excluding hydrogens is 256 g/mol. The van der Waals surface area contributed by atoms with Gasteiger partial charge in [0.15, 0.2) is 0 Å². The van der Waals surface area contributed by atoms with Crippen LogP contribution in [0.2, 0.25) is 0 Å². The molecule has 0 saturated heterocycles. The maximum absolute atomic E-state index is 5.59. The number of ether oxygens (including phenoxy) is 2. The largest absolute Gasteiger partial charge is 0.494 e. The molecule has 0 aliphatic carbocycles. The first-order valence-electron chi connectivity index (χ1n) is 5.28. The summed E-state index contributed by atoms with van der Waals surface area (Å²) in [7, 11) is 0. The molecule has 0 atom stereocenters. The summed E-state index contributed by atoms with van der Waals surface area (Å²) in [6.45, 7) is 3.43. The summed E-state index contributed by atoms with van der Waals surface area (Å²) in [5, 5.41) is 1.04. The average Bonchev–Trinajstić information content (AvgIpc) is 2.26. The standard InChI is InChI=1S/C12H17BrO2/c1-2-14-11-6-5-7-12(10-11)15-9-4-3-8-13/h5-7,10H,2-4,8-9H2,1H3. The molecule has 0 bridgehead atoms. The second kappa shape index (κ2) is 7.57. The van der Waals surface area contributed by atoms with E-state index >= 15 is 0 Å². The Morgan fingerprint density at radius 1 is 1.13 bits per heavy atom. The van der Waals surface area contributed by atoms with Crippen molar-refractivity contribution in [2.75, 3.05) is 18.5 Å². The van der Waals surface area contributed by atoms with Crippen LogP contribution in [0.4, 0.5) is 0 Å². The normalized spacial score (nSPS) is 10.0. The lowest BCUT2D eigenvalue weighted by Gasteiger charge is -2.07. The third-order valence-electron chi connectivity index (χ3n) is 1.91. The van der Waals surface area contributed by atoms with Gasteiger partial charge >= 0.3 is 0 Å². The molecule has 0 heterocycles. The second-order valence-corrected chi connectivity index (χ2v) is 3.95. The van der Waals surface area contributed by atoms with Gasteiger partial charge in [0, 0.05) is 11.4 Å². The van der Waals surface area contributed by atoms with E-state index in [4.69, 9.17) is 9.47 Å². The molecule has 0 aromatic heterocycles. The highest BCUT2D eigenvalue weighted by Gasteiger charge is 1.96. The maximum atomic E-state index is 5.59. The van der Waals surface area contributed by atoms with Crippen molar-refractivity contribution >= 4 is 15.9 Å². The Morgan fingerprint density at radius 3 is 2.53 bits per heavy atom. The summed E-state index contributed by atoms with van der Waals surface area (Å²) in [5.74, 6) is 1.76. The molecule has 0 spiro atoms. The number of unbranched alkanes of at least 4 members (excludes halogenated alkanes) is 1. The fourth-order valence-corrected chi connectivity index (χ4v) is 1.60. The first kappa shape index (κ1) is 12.4. The van der Waals surface area contributed by atoms with E-state index in [0.29, 0.717) is 6.61 Å². The van der Waals surface area contributed by atoms with Crippen LogP contribution < -0.4 is 9.47 Å². The fraction of sp³-hybridized carbons (Fsp3) is 0.500. The summed E-state index contributed by atoms with van der Waals surface area (Å²) >= 11 is 3.39. The van der Waals surface area contributed by atoms with Gasteiger partial charge in [-0.1, -0.05) is 22.0 Å². The van der Waals surface area contributed by atoms with Crippen LogP contribution in [0.15, 0.2) is 24.3 Å². The maximum Gasteiger partial charge on any atom is 0.122 e. The van der Waals surface area contributed by atoms with E-state index < -0.39 is 0 Å². The number of hydrogen-bond acceptors (Lipinski definition) is 2. The van der Waals surface area contributed by atoms with Gasteiger partial charge in [-0.25, -0.2) is 0 Å². The van der Waals surface area contributed by atoms with E-state index in [1.807, 2.05) is 31.2 Å². The number of benzene rings is 1. The van der Waals surface area contributed by atoms with E-state index in [1.54, 1.807) is 0 Å². The Labute approximate surface area is 99.7 Å². The highest BCUT2D eigenvalue weighted by atomic mass is 79.9.